The number of pyridine rings is 1. The second-order valence-electron chi connectivity index (χ2n) is 10.8. The summed E-state index contributed by atoms with van der Waals surface area (Å²) in [5, 5.41) is 10.8. The van der Waals surface area contributed by atoms with Gasteiger partial charge in [0.2, 0.25) is 0 Å². The van der Waals surface area contributed by atoms with Crippen molar-refractivity contribution < 1.29 is 32.6 Å². The molecule has 1 aliphatic rings. The standard InChI is InChI=1S/C29H38ClF3N4O4/c1-19(2)36(4)26(38)23-11-12-24(34-25(23)30)37-16-13-20(14-17-37)8-7-15-35(3)27(39)28(40,29(31,32)33)21-9-6-10-22(18-21)41-5/h6,9-12,18-20,40H,7-8,13-17H2,1-5H3/t28-/m1/s1. The highest BCUT2D eigenvalue weighted by atomic mass is 35.5. The zero-order valence-corrected chi connectivity index (χ0v) is 24.8. The van der Waals surface area contributed by atoms with E-state index in [1.807, 2.05) is 13.8 Å². The average Bonchev–Trinajstić information content (AvgIpc) is 2.95. The molecule has 0 unspecified atom stereocenters. The number of alkyl halides is 3. The van der Waals surface area contributed by atoms with E-state index in [2.05, 4.69) is 9.88 Å². The second-order valence-corrected chi connectivity index (χ2v) is 11.1. The van der Waals surface area contributed by atoms with Gasteiger partial charge >= 0.3 is 6.18 Å². The molecule has 226 valence electrons. The summed E-state index contributed by atoms with van der Waals surface area (Å²) in [5.41, 5.74) is -3.92. The number of benzene rings is 1. The third-order valence-corrected chi connectivity index (χ3v) is 8.05. The molecule has 1 aromatic heterocycles. The minimum atomic E-state index is -5.22. The Kier molecular flexibility index (Phi) is 10.5. The predicted octanol–water partition coefficient (Wildman–Crippen LogP) is 5.13. The Morgan fingerprint density at radius 3 is 2.39 bits per heavy atom. The van der Waals surface area contributed by atoms with Gasteiger partial charge < -0.3 is 24.5 Å². The number of methoxy groups -OCH3 is 1. The van der Waals surface area contributed by atoms with E-state index in [0.717, 1.165) is 36.3 Å². The largest absolute Gasteiger partial charge is 0.497 e. The molecule has 1 fully saturated rings. The van der Waals surface area contributed by atoms with Crippen LogP contribution in [0.5, 0.6) is 5.75 Å². The summed E-state index contributed by atoms with van der Waals surface area (Å²) >= 11 is 6.35. The van der Waals surface area contributed by atoms with E-state index in [1.165, 1.54) is 26.3 Å². The van der Waals surface area contributed by atoms with Gasteiger partial charge in [-0.2, -0.15) is 13.2 Å². The van der Waals surface area contributed by atoms with Gasteiger partial charge in [0, 0.05) is 45.3 Å². The Balaban J connectivity index is 1.55. The third-order valence-electron chi connectivity index (χ3n) is 7.76. The fourth-order valence-electron chi connectivity index (χ4n) is 4.89. The highest BCUT2D eigenvalue weighted by Gasteiger charge is 2.61. The van der Waals surface area contributed by atoms with E-state index in [9.17, 15) is 27.9 Å². The minimum Gasteiger partial charge on any atom is -0.497 e. The number of halogens is 4. The fourth-order valence-corrected chi connectivity index (χ4v) is 5.12. The zero-order valence-electron chi connectivity index (χ0n) is 24.0. The predicted molar refractivity (Wildman–Crippen MR) is 151 cm³/mol. The van der Waals surface area contributed by atoms with Crippen LogP contribution >= 0.6 is 11.6 Å². The van der Waals surface area contributed by atoms with Gasteiger partial charge in [0.1, 0.15) is 16.7 Å². The molecule has 1 saturated heterocycles. The molecule has 1 N–H and O–H groups in total. The number of ether oxygens (including phenoxy) is 1. The summed E-state index contributed by atoms with van der Waals surface area (Å²) in [7, 11) is 4.28. The first-order chi connectivity index (χ1) is 19.2. The van der Waals surface area contributed by atoms with E-state index in [-0.39, 0.29) is 29.4 Å². The SMILES string of the molecule is COc1cccc([C@@](O)(C(=O)N(C)CCCC2CCN(c3ccc(C(=O)N(C)C(C)C)c(Cl)n3)CC2)C(F)(F)F)c1. The number of hydrogen-bond donors (Lipinski definition) is 1. The van der Waals surface area contributed by atoms with Gasteiger partial charge in [-0.3, -0.25) is 9.59 Å². The molecule has 2 aromatic rings. The minimum absolute atomic E-state index is 0.0268. The molecule has 1 aromatic carbocycles. The first-order valence-corrected chi connectivity index (χ1v) is 14.0. The number of amides is 2. The Hall–Kier alpha value is -3.05. The monoisotopic (exact) mass is 598 g/mol. The van der Waals surface area contributed by atoms with Crippen LogP contribution in [-0.2, 0) is 10.4 Å². The molecular weight excluding hydrogens is 561 g/mol. The third kappa shape index (κ3) is 7.24. The van der Waals surface area contributed by atoms with Gasteiger partial charge in [-0.25, -0.2) is 4.98 Å². The molecule has 0 saturated carbocycles. The summed E-state index contributed by atoms with van der Waals surface area (Å²) in [6.07, 6.45) is -2.33. The van der Waals surface area contributed by atoms with E-state index >= 15 is 0 Å². The van der Waals surface area contributed by atoms with Crippen LogP contribution in [0.25, 0.3) is 0 Å². The molecule has 0 aliphatic carbocycles. The van der Waals surface area contributed by atoms with E-state index < -0.39 is 23.2 Å². The van der Waals surface area contributed by atoms with Gasteiger partial charge in [0.15, 0.2) is 0 Å². The Labute approximate surface area is 244 Å². The maximum atomic E-state index is 14.0. The lowest BCUT2D eigenvalue weighted by Gasteiger charge is -2.34. The van der Waals surface area contributed by atoms with Gasteiger partial charge in [-0.15, -0.1) is 0 Å². The average molecular weight is 599 g/mol. The molecule has 1 aliphatic heterocycles. The van der Waals surface area contributed by atoms with Gasteiger partial charge in [0.05, 0.1) is 12.7 Å². The summed E-state index contributed by atoms with van der Waals surface area (Å²) in [6.45, 7) is 5.33. The van der Waals surface area contributed by atoms with Crippen LogP contribution in [-0.4, -0.2) is 84.8 Å². The lowest BCUT2D eigenvalue weighted by molar-refractivity contribution is -0.261. The van der Waals surface area contributed by atoms with Crippen molar-refractivity contribution in [3.63, 3.8) is 0 Å². The fraction of sp³-hybridized carbons (Fsp3) is 0.552. The van der Waals surface area contributed by atoms with Crippen molar-refractivity contribution in [2.45, 2.75) is 57.3 Å². The first kappa shape index (κ1) is 32.5. The molecule has 8 nitrogen and oxygen atoms in total. The van der Waals surface area contributed by atoms with Gasteiger partial charge in [-0.1, -0.05) is 23.7 Å². The van der Waals surface area contributed by atoms with Gasteiger partial charge in [0.25, 0.3) is 17.4 Å². The summed E-state index contributed by atoms with van der Waals surface area (Å²) in [5.74, 6) is -0.509. The molecule has 1 atom stereocenters. The van der Waals surface area contributed by atoms with Crippen LogP contribution in [0.4, 0.5) is 19.0 Å². The lowest BCUT2D eigenvalue weighted by Crippen LogP contribution is -2.55. The van der Waals surface area contributed by atoms with Crippen molar-refractivity contribution in [3.05, 3.63) is 52.7 Å². The number of nitrogens with zero attached hydrogens (tertiary/aromatic N) is 4. The quantitative estimate of drug-likeness (QED) is 0.382. The van der Waals surface area contributed by atoms with Crippen molar-refractivity contribution in [2.24, 2.45) is 5.92 Å². The summed E-state index contributed by atoms with van der Waals surface area (Å²) in [4.78, 5) is 34.6. The molecule has 0 bridgehead atoms. The van der Waals surface area contributed by atoms with Crippen LogP contribution in [0.1, 0.15) is 55.5 Å². The number of piperidine rings is 1. The van der Waals surface area contributed by atoms with Crippen molar-refractivity contribution in [2.75, 3.05) is 45.7 Å². The topological polar surface area (TPSA) is 86.2 Å². The van der Waals surface area contributed by atoms with Crippen LogP contribution in [0.2, 0.25) is 5.15 Å². The Morgan fingerprint density at radius 2 is 1.83 bits per heavy atom. The Morgan fingerprint density at radius 1 is 1.17 bits per heavy atom. The van der Waals surface area contributed by atoms with E-state index in [1.54, 1.807) is 24.1 Å². The molecule has 0 spiro atoms. The maximum absolute atomic E-state index is 14.0. The Bertz CT molecular complexity index is 1220. The van der Waals surface area contributed by atoms with Crippen LogP contribution in [0.3, 0.4) is 0 Å². The van der Waals surface area contributed by atoms with Gasteiger partial charge in [-0.05, 0) is 69.7 Å². The molecule has 0 radical (unpaired) electrons. The smallest absolute Gasteiger partial charge is 0.430 e. The van der Waals surface area contributed by atoms with Crippen LogP contribution < -0.4 is 9.64 Å². The molecule has 12 heteroatoms. The van der Waals surface area contributed by atoms with E-state index in [4.69, 9.17) is 16.3 Å². The van der Waals surface area contributed by atoms with E-state index in [0.29, 0.717) is 36.8 Å². The summed E-state index contributed by atoms with van der Waals surface area (Å²) < 4.78 is 47.0. The zero-order chi connectivity index (χ0) is 30.5. The number of rotatable bonds is 10. The number of aromatic nitrogens is 1. The highest BCUT2D eigenvalue weighted by Crippen LogP contribution is 2.41. The van der Waals surface area contributed by atoms with Crippen LogP contribution in [0.15, 0.2) is 36.4 Å². The number of aliphatic hydroxyl groups is 1. The van der Waals surface area contributed by atoms with Crippen molar-refractivity contribution in [1.82, 2.24) is 14.8 Å². The van der Waals surface area contributed by atoms with Crippen LogP contribution in [0, 0.1) is 5.92 Å². The van der Waals surface area contributed by atoms with Crippen molar-refractivity contribution in [1.29, 1.82) is 0 Å². The normalized spacial score (nSPS) is 15.9. The highest BCUT2D eigenvalue weighted by molar-refractivity contribution is 6.32. The number of carbonyl (C=O) groups excluding carboxylic acids is 2. The molecule has 2 heterocycles. The maximum Gasteiger partial charge on any atom is 0.430 e. The first-order valence-electron chi connectivity index (χ1n) is 13.6. The summed E-state index contributed by atoms with van der Waals surface area (Å²) in [6, 6.07) is 8.33. The number of likely N-dealkylation sites (N-methyl/N-ethyl adjacent to an activating group) is 1. The molecular formula is C29H38ClF3N4O4. The molecule has 3 rings (SSSR count). The number of hydrogen-bond acceptors (Lipinski definition) is 6. The number of anilines is 1. The second kappa shape index (κ2) is 13.3. The van der Waals surface area contributed by atoms with Crippen molar-refractivity contribution >= 4 is 29.2 Å². The molecule has 2 amide bonds. The number of carbonyl (C=O) groups is 2. The molecule has 41 heavy (non-hydrogen) atoms. The van der Waals surface area contributed by atoms with Crippen molar-refractivity contribution in [3.8, 4) is 5.75 Å². The lowest BCUT2D eigenvalue weighted by atomic mass is 9.90.